The van der Waals surface area contributed by atoms with Crippen LogP contribution in [0.15, 0.2) is 24.3 Å². The van der Waals surface area contributed by atoms with Crippen LogP contribution in [0.4, 0.5) is 5.69 Å². The molecule has 0 spiro atoms. The molecule has 0 unspecified atom stereocenters. The Kier molecular flexibility index (Phi) is 10.1. The van der Waals surface area contributed by atoms with Gasteiger partial charge in [-0.25, -0.2) is 8.42 Å². The molecule has 132 valence electrons. The average Bonchev–Trinajstić information content (AvgIpc) is 2.43. The van der Waals surface area contributed by atoms with Gasteiger partial charge in [-0.3, -0.25) is 4.79 Å². The van der Waals surface area contributed by atoms with Gasteiger partial charge in [0.2, 0.25) is 5.91 Å². The second kappa shape index (κ2) is 10.6. The highest BCUT2D eigenvalue weighted by Gasteiger charge is 2.16. The first-order chi connectivity index (χ1) is 10.3. The first-order valence-corrected chi connectivity index (χ1v) is 8.86. The number of nitrogens with one attached hydrogen (secondary N) is 2. The molecule has 0 aliphatic heterocycles. The van der Waals surface area contributed by atoms with Crippen LogP contribution in [0.5, 0.6) is 0 Å². The number of hydrogen-bond donors (Lipinski definition) is 2. The van der Waals surface area contributed by atoms with E-state index in [1.54, 1.807) is 45.2 Å². The smallest absolute Gasteiger partial charge is 0.238 e. The van der Waals surface area contributed by atoms with E-state index in [-0.39, 0.29) is 30.6 Å². The molecule has 0 radical (unpaired) electrons. The third-order valence-electron chi connectivity index (χ3n) is 3.07. The SMILES string of the molecule is COCCNCC(=O)Nc1cccc(CS(=O)(=O)C(C)C)c1.Cl. The number of carbonyl (C=O) groups is 1. The molecule has 8 heteroatoms. The summed E-state index contributed by atoms with van der Waals surface area (Å²) in [5.41, 5.74) is 1.26. The lowest BCUT2D eigenvalue weighted by Gasteiger charge is -2.10. The molecule has 0 aliphatic carbocycles. The number of carbonyl (C=O) groups excluding carboxylic acids is 1. The van der Waals surface area contributed by atoms with Gasteiger partial charge in [-0.15, -0.1) is 12.4 Å². The van der Waals surface area contributed by atoms with E-state index >= 15 is 0 Å². The number of rotatable bonds is 9. The van der Waals surface area contributed by atoms with Gasteiger partial charge in [-0.1, -0.05) is 12.1 Å². The van der Waals surface area contributed by atoms with Crippen molar-refractivity contribution in [2.75, 3.05) is 32.1 Å². The van der Waals surface area contributed by atoms with E-state index in [1.165, 1.54) is 0 Å². The molecule has 1 amide bonds. The van der Waals surface area contributed by atoms with Gasteiger partial charge < -0.3 is 15.4 Å². The zero-order valence-electron chi connectivity index (χ0n) is 13.7. The fraction of sp³-hybridized carbons (Fsp3) is 0.533. The van der Waals surface area contributed by atoms with Crippen molar-refractivity contribution >= 4 is 33.8 Å². The Hall–Kier alpha value is -1.15. The summed E-state index contributed by atoms with van der Waals surface area (Å²) in [6.45, 7) is 4.63. The van der Waals surface area contributed by atoms with E-state index in [0.717, 1.165) is 0 Å². The van der Waals surface area contributed by atoms with Crippen LogP contribution in [-0.4, -0.2) is 46.4 Å². The lowest BCUT2D eigenvalue weighted by atomic mass is 10.2. The highest BCUT2D eigenvalue weighted by molar-refractivity contribution is 7.91. The molecule has 0 saturated heterocycles. The first kappa shape index (κ1) is 21.9. The maximum absolute atomic E-state index is 11.9. The van der Waals surface area contributed by atoms with Crippen LogP contribution in [0.3, 0.4) is 0 Å². The van der Waals surface area contributed by atoms with Crippen LogP contribution in [0, 0.1) is 0 Å². The van der Waals surface area contributed by atoms with Gasteiger partial charge in [0, 0.05) is 19.3 Å². The van der Waals surface area contributed by atoms with Gasteiger partial charge in [0.05, 0.1) is 24.2 Å². The zero-order valence-corrected chi connectivity index (χ0v) is 15.3. The highest BCUT2D eigenvalue weighted by Crippen LogP contribution is 2.15. The summed E-state index contributed by atoms with van der Waals surface area (Å²) < 4.78 is 28.7. The predicted molar refractivity (Wildman–Crippen MR) is 94.8 cm³/mol. The van der Waals surface area contributed by atoms with Gasteiger partial charge in [-0.05, 0) is 31.5 Å². The summed E-state index contributed by atoms with van der Waals surface area (Å²) in [6, 6.07) is 6.90. The van der Waals surface area contributed by atoms with Crippen molar-refractivity contribution in [2.45, 2.75) is 24.9 Å². The molecule has 0 aromatic heterocycles. The number of amides is 1. The van der Waals surface area contributed by atoms with Gasteiger partial charge in [0.25, 0.3) is 0 Å². The van der Waals surface area contributed by atoms with Crippen molar-refractivity contribution in [3.8, 4) is 0 Å². The van der Waals surface area contributed by atoms with Crippen molar-refractivity contribution < 1.29 is 17.9 Å². The molecule has 1 rings (SSSR count). The van der Waals surface area contributed by atoms with Gasteiger partial charge >= 0.3 is 0 Å². The van der Waals surface area contributed by atoms with E-state index in [2.05, 4.69) is 10.6 Å². The Labute approximate surface area is 144 Å². The second-order valence-electron chi connectivity index (χ2n) is 5.27. The number of anilines is 1. The third-order valence-corrected chi connectivity index (χ3v) is 5.24. The Morgan fingerprint density at radius 1 is 1.30 bits per heavy atom. The van der Waals surface area contributed by atoms with Crippen LogP contribution in [0.25, 0.3) is 0 Å². The normalized spacial score (nSPS) is 11.1. The molecule has 1 aromatic rings. The largest absolute Gasteiger partial charge is 0.383 e. The van der Waals surface area contributed by atoms with Crippen molar-refractivity contribution in [2.24, 2.45) is 0 Å². The first-order valence-electron chi connectivity index (χ1n) is 7.15. The lowest BCUT2D eigenvalue weighted by Crippen LogP contribution is -2.30. The number of methoxy groups -OCH3 is 1. The molecule has 0 bridgehead atoms. The third kappa shape index (κ3) is 8.31. The van der Waals surface area contributed by atoms with Gasteiger partial charge in [-0.2, -0.15) is 0 Å². The Balaban J connectivity index is 0.00000484. The molecule has 23 heavy (non-hydrogen) atoms. The minimum atomic E-state index is -3.16. The molecule has 0 heterocycles. The Morgan fingerprint density at radius 2 is 2.00 bits per heavy atom. The summed E-state index contributed by atoms with van der Waals surface area (Å²) in [7, 11) is -1.56. The van der Waals surface area contributed by atoms with Crippen LogP contribution >= 0.6 is 12.4 Å². The van der Waals surface area contributed by atoms with Crippen molar-refractivity contribution in [1.29, 1.82) is 0 Å². The Morgan fingerprint density at radius 3 is 2.61 bits per heavy atom. The topological polar surface area (TPSA) is 84.5 Å². The van der Waals surface area contributed by atoms with Crippen LogP contribution < -0.4 is 10.6 Å². The number of ether oxygens (including phenoxy) is 1. The maximum atomic E-state index is 11.9. The van der Waals surface area contributed by atoms with E-state index < -0.39 is 15.1 Å². The molecular weight excluding hydrogens is 340 g/mol. The lowest BCUT2D eigenvalue weighted by molar-refractivity contribution is -0.115. The van der Waals surface area contributed by atoms with Gasteiger partial charge in [0.1, 0.15) is 0 Å². The number of hydrogen-bond acceptors (Lipinski definition) is 5. The van der Waals surface area contributed by atoms with Crippen molar-refractivity contribution in [1.82, 2.24) is 5.32 Å². The summed E-state index contributed by atoms with van der Waals surface area (Å²) >= 11 is 0. The summed E-state index contributed by atoms with van der Waals surface area (Å²) in [5, 5.41) is 5.26. The van der Waals surface area contributed by atoms with E-state index in [0.29, 0.717) is 24.4 Å². The minimum Gasteiger partial charge on any atom is -0.383 e. The summed E-state index contributed by atoms with van der Waals surface area (Å²) in [5.74, 6) is -0.208. The van der Waals surface area contributed by atoms with Crippen molar-refractivity contribution in [3.63, 3.8) is 0 Å². The highest BCUT2D eigenvalue weighted by atomic mass is 35.5. The molecule has 1 aromatic carbocycles. The molecule has 2 N–H and O–H groups in total. The monoisotopic (exact) mass is 364 g/mol. The van der Waals surface area contributed by atoms with E-state index in [4.69, 9.17) is 4.74 Å². The molecule has 0 saturated carbocycles. The average molecular weight is 365 g/mol. The van der Waals surface area contributed by atoms with E-state index in [9.17, 15) is 13.2 Å². The number of sulfone groups is 1. The quantitative estimate of drug-likeness (QED) is 0.650. The summed E-state index contributed by atoms with van der Waals surface area (Å²) in [6.07, 6.45) is 0. The molecule has 0 aliphatic rings. The molecule has 0 fully saturated rings. The van der Waals surface area contributed by atoms with Crippen LogP contribution in [0.2, 0.25) is 0 Å². The summed E-state index contributed by atoms with van der Waals surface area (Å²) in [4.78, 5) is 11.7. The standard InChI is InChI=1S/C15H24N2O4S.ClH/c1-12(2)22(19,20)11-13-5-4-6-14(9-13)17-15(18)10-16-7-8-21-3;/h4-6,9,12,16H,7-8,10-11H2,1-3H3,(H,17,18);1H. The molecule has 6 nitrogen and oxygen atoms in total. The maximum Gasteiger partial charge on any atom is 0.238 e. The minimum absolute atomic E-state index is 0. The number of benzene rings is 1. The van der Waals surface area contributed by atoms with Crippen molar-refractivity contribution in [3.05, 3.63) is 29.8 Å². The Bertz CT molecular complexity index is 591. The van der Waals surface area contributed by atoms with Gasteiger partial charge in [0.15, 0.2) is 9.84 Å². The zero-order chi connectivity index (χ0) is 16.6. The molecular formula is C15H25ClN2O4S. The second-order valence-corrected chi connectivity index (χ2v) is 7.83. The predicted octanol–water partition coefficient (Wildman–Crippen LogP) is 1.61. The van der Waals surface area contributed by atoms with Crippen LogP contribution in [0.1, 0.15) is 19.4 Å². The fourth-order valence-corrected chi connectivity index (χ4v) is 2.70. The van der Waals surface area contributed by atoms with Crippen LogP contribution in [-0.2, 0) is 25.1 Å². The number of halogens is 1. The fourth-order valence-electron chi connectivity index (χ4n) is 1.72. The van der Waals surface area contributed by atoms with E-state index in [1.807, 2.05) is 0 Å². The molecule has 0 atom stereocenters.